The lowest BCUT2D eigenvalue weighted by Gasteiger charge is -2.11. The van der Waals surface area contributed by atoms with Crippen molar-refractivity contribution in [3.05, 3.63) is 45.7 Å². The molecule has 2 aromatic rings. The Hall–Kier alpha value is 1.36. The minimum absolute atomic E-state index is 0.0907. The van der Waals surface area contributed by atoms with Crippen LogP contribution < -0.4 is 9.47 Å². The smallest absolute Gasteiger partial charge is 0.305 e. The molecule has 12 heteroatoms. The van der Waals surface area contributed by atoms with Crippen molar-refractivity contribution in [1.29, 1.82) is 0 Å². The van der Waals surface area contributed by atoms with Gasteiger partial charge in [0.1, 0.15) is 11.5 Å². The summed E-state index contributed by atoms with van der Waals surface area (Å²) in [5.74, 6) is 1.92. The average molecular weight is 1560 g/mol. The zero-order valence-corrected chi connectivity index (χ0v) is 51.8. The summed E-state index contributed by atoms with van der Waals surface area (Å²) in [5.41, 5.74) is 0. The van der Waals surface area contributed by atoms with Crippen molar-refractivity contribution in [3.8, 4) is 11.5 Å². The second-order valence-electron chi connectivity index (χ2n) is 17.3. The molecule has 0 aliphatic heterocycles. The molecule has 64 heavy (non-hydrogen) atoms. The quantitative estimate of drug-likeness (QED) is 0.0374. The van der Waals surface area contributed by atoms with Gasteiger partial charge in [0.05, 0.1) is 40.7 Å². The average Bonchev–Trinajstić information content (AvgIpc) is 3.25. The van der Waals surface area contributed by atoms with Gasteiger partial charge >= 0.3 is 11.9 Å². The van der Waals surface area contributed by atoms with E-state index in [0.29, 0.717) is 26.1 Å². The third-order valence-electron chi connectivity index (χ3n) is 11.5. The maximum absolute atomic E-state index is 12.1. The predicted octanol–water partition coefficient (Wildman–Crippen LogP) is 19.1. The van der Waals surface area contributed by atoms with Crippen molar-refractivity contribution in [2.24, 2.45) is 0 Å². The Balaban J connectivity index is 1.20. The van der Waals surface area contributed by atoms with E-state index in [9.17, 15) is 9.59 Å². The van der Waals surface area contributed by atoms with Gasteiger partial charge in [-0.05, 0) is 198 Å². The lowest BCUT2D eigenvalue weighted by Crippen LogP contribution is -2.08. The molecule has 6 nitrogen and oxygen atoms in total. The van der Waals surface area contributed by atoms with Crippen LogP contribution in [0.2, 0.25) is 0 Å². The first-order valence-electron chi connectivity index (χ1n) is 25.0. The summed E-state index contributed by atoms with van der Waals surface area (Å²) in [6, 6.07) is 8.71. The molecule has 0 aromatic heterocycles. The second kappa shape index (κ2) is 43.2. The third-order valence-corrected chi connectivity index (χ3v) is 16.0. The van der Waals surface area contributed by atoms with Crippen LogP contribution in [0.25, 0.3) is 0 Å². The maximum Gasteiger partial charge on any atom is 0.305 e. The fourth-order valence-corrected chi connectivity index (χ4v) is 15.5. The zero-order chi connectivity index (χ0) is 46.3. The largest absolute Gasteiger partial charge is 0.491 e. The molecule has 366 valence electrons. The van der Waals surface area contributed by atoms with Crippen molar-refractivity contribution in [2.45, 2.75) is 218 Å². The maximum atomic E-state index is 12.1. The number of carbonyl (C=O) groups is 2. The molecular weight excluding hydrogens is 1480 g/mol. The van der Waals surface area contributed by atoms with Gasteiger partial charge in [-0.1, -0.05) is 167 Å². The van der Waals surface area contributed by atoms with Gasteiger partial charge in [0.15, 0.2) is 0 Å². The Labute approximate surface area is 471 Å². The fraction of sp³-hybridized carbons (Fsp3) is 0.731. The van der Waals surface area contributed by atoms with Gasteiger partial charge in [-0.25, -0.2) is 0 Å². The number of esters is 2. The molecule has 0 heterocycles. The van der Waals surface area contributed by atoms with Crippen molar-refractivity contribution in [1.82, 2.24) is 0 Å². The van der Waals surface area contributed by atoms with E-state index in [0.717, 1.165) is 76.1 Å². The number of hydrogen-bond donors (Lipinski definition) is 0. The van der Waals surface area contributed by atoms with E-state index >= 15 is 0 Å². The van der Waals surface area contributed by atoms with Crippen LogP contribution in [0, 0.1) is 21.4 Å². The second-order valence-corrected chi connectivity index (χ2v) is 24.5. The number of benzene rings is 2. The Morgan fingerprint density at radius 3 is 0.750 bits per heavy atom. The van der Waals surface area contributed by atoms with Gasteiger partial charge in [-0.2, -0.15) is 0 Å². The molecule has 0 N–H and O–H groups in total. The molecule has 0 amide bonds. The molecule has 0 unspecified atom stereocenters. The van der Waals surface area contributed by atoms with Crippen molar-refractivity contribution in [3.63, 3.8) is 0 Å². The van der Waals surface area contributed by atoms with Crippen LogP contribution in [0.3, 0.4) is 0 Å². The number of rotatable bonds is 43. The highest BCUT2D eigenvalue weighted by molar-refractivity contribution is 14.1. The zero-order valence-electron chi connectivity index (χ0n) is 38.9. The third kappa shape index (κ3) is 34.6. The van der Waals surface area contributed by atoms with Crippen molar-refractivity contribution < 1.29 is 28.5 Å². The molecule has 0 aliphatic rings. The van der Waals surface area contributed by atoms with Crippen LogP contribution in [0.5, 0.6) is 11.5 Å². The summed E-state index contributed by atoms with van der Waals surface area (Å²) in [5, 5.41) is 0. The molecule has 0 fully saturated rings. The van der Waals surface area contributed by atoms with E-state index in [1.54, 1.807) is 0 Å². The lowest BCUT2D eigenvalue weighted by molar-refractivity contribution is -0.146. The van der Waals surface area contributed by atoms with E-state index in [1.807, 2.05) is 0 Å². The van der Waals surface area contributed by atoms with Crippen LogP contribution in [-0.2, 0) is 19.1 Å². The van der Waals surface area contributed by atoms with E-state index < -0.39 is 0 Å². The Morgan fingerprint density at radius 2 is 0.500 bits per heavy atom. The van der Waals surface area contributed by atoms with Gasteiger partial charge in [-0.15, -0.1) is 0 Å². The Morgan fingerprint density at radius 1 is 0.297 bits per heavy atom. The van der Waals surface area contributed by atoms with Crippen LogP contribution in [-0.4, -0.2) is 38.4 Å². The standard InChI is InChI=1S/C52H80I6O6/c53-43-39-45(55)51(46(56)40-43)63-37-29-25-21-17-13-9-5-1-3-7-11-15-19-23-27-33-49(59)61-35-31-32-36-62-50(60)34-28-24-20-16-12-8-4-2-6-10-14-18-22-26-30-38-64-52-47(57)41-44(54)42-48(52)58/h39-42H,1-38H2. The lowest BCUT2D eigenvalue weighted by atomic mass is 10.0. The monoisotopic (exact) mass is 1560 g/mol. The summed E-state index contributed by atoms with van der Waals surface area (Å²) in [4.78, 5) is 24.2. The minimum atomic E-state index is -0.0907. The molecule has 0 saturated heterocycles. The van der Waals surface area contributed by atoms with E-state index in [-0.39, 0.29) is 11.9 Å². The van der Waals surface area contributed by atoms with Gasteiger partial charge in [-0.3, -0.25) is 9.59 Å². The summed E-state index contributed by atoms with van der Waals surface area (Å²) in [7, 11) is 0. The van der Waals surface area contributed by atoms with E-state index in [1.165, 1.54) is 176 Å². The van der Waals surface area contributed by atoms with Crippen LogP contribution >= 0.6 is 136 Å². The van der Waals surface area contributed by atoms with Gasteiger partial charge < -0.3 is 18.9 Å². The SMILES string of the molecule is O=C(CCCCCCCCCCCCCCCCCOc1c(I)cc(I)cc1I)OCCCCOC(=O)CCCCCCCCCCCCCCCCCOc1c(I)cc(I)cc1I. The molecule has 0 saturated carbocycles. The first kappa shape index (κ1) is 61.5. The molecular formula is C52H80I6O6. The Bertz CT molecular complexity index is 1340. The van der Waals surface area contributed by atoms with E-state index in [4.69, 9.17) is 18.9 Å². The van der Waals surface area contributed by atoms with Crippen LogP contribution in [0.1, 0.15) is 218 Å². The molecule has 2 aromatic carbocycles. The normalized spacial score (nSPS) is 11.3. The van der Waals surface area contributed by atoms with E-state index in [2.05, 4.69) is 160 Å². The summed E-state index contributed by atoms with van der Waals surface area (Å²) in [6.45, 7) is 2.48. The van der Waals surface area contributed by atoms with Gasteiger partial charge in [0.25, 0.3) is 0 Å². The number of carbonyl (C=O) groups excluding carboxylic acids is 2. The number of unbranched alkanes of at least 4 members (excludes halogenated alkanes) is 29. The molecule has 2 rings (SSSR count). The van der Waals surface area contributed by atoms with Gasteiger partial charge in [0, 0.05) is 20.0 Å². The number of hydrogen-bond acceptors (Lipinski definition) is 6. The highest BCUT2D eigenvalue weighted by Crippen LogP contribution is 2.31. The summed E-state index contributed by atoms with van der Waals surface area (Å²) < 4.78 is 30.3. The first-order valence-corrected chi connectivity index (χ1v) is 31.5. The highest BCUT2D eigenvalue weighted by Gasteiger charge is 2.10. The van der Waals surface area contributed by atoms with Crippen molar-refractivity contribution >= 4 is 147 Å². The molecule has 0 aliphatic carbocycles. The highest BCUT2D eigenvalue weighted by atomic mass is 127. The number of ether oxygens (including phenoxy) is 4. The molecule has 0 atom stereocenters. The summed E-state index contributed by atoms with van der Waals surface area (Å²) in [6.07, 6.45) is 40.6. The van der Waals surface area contributed by atoms with Crippen LogP contribution in [0.4, 0.5) is 0 Å². The molecule has 0 spiro atoms. The topological polar surface area (TPSA) is 71.1 Å². The molecule has 0 bridgehead atoms. The fourth-order valence-electron chi connectivity index (χ4n) is 7.74. The van der Waals surface area contributed by atoms with Crippen molar-refractivity contribution in [2.75, 3.05) is 26.4 Å². The van der Waals surface area contributed by atoms with Gasteiger partial charge in [0.2, 0.25) is 0 Å². The summed E-state index contributed by atoms with van der Waals surface area (Å²) >= 11 is 14.2. The number of halogens is 6. The van der Waals surface area contributed by atoms with Crippen LogP contribution in [0.15, 0.2) is 24.3 Å². The minimum Gasteiger partial charge on any atom is -0.491 e. The predicted molar refractivity (Wildman–Crippen MR) is 319 cm³/mol. The Kier molecular flexibility index (Phi) is 41.5. The first-order chi connectivity index (χ1) is 31.2. The molecule has 0 radical (unpaired) electrons.